The van der Waals surface area contributed by atoms with Crippen LogP contribution in [0.5, 0.6) is 0 Å². The van der Waals surface area contributed by atoms with Crippen LogP contribution in [0.3, 0.4) is 0 Å². The van der Waals surface area contributed by atoms with E-state index in [1.54, 1.807) is 0 Å². The Hall–Kier alpha value is -0.660. The first-order valence-corrected chi connectivity index (χ1v) is 9.58. The molecule has 0 aromatic heterocycles. The van der Waals surface area contributed by atoms with E-state index < -0.39 is 15.8 Å². The van der Waals surface area contributed by atoms with E-state index >= 15 is 0 Å². The number of aliphatic carboxylic acids is 1. The molecule has 6 nitrogen and oxygen atoms in total. The summed E-state index contributed by atoms with van der Waals surface area (Å²) in [6.45, 7) is -0.0337. The number of carbonyl (C=O) groups is 1. The number of hydrogen-bond acceptors (Lipinski definition) is 5. The highest BCUT2D eigenvalue weighted by molar-refractivity contribution is 7.91. The summed E-state index contributed by atoms with van der Waals surface area (Å²) in [5.41, 5.74) is 0. The van der Waals surface area contributed by atoms with E-state index in [-0.39, 0.29) is 30.1 Å². The highest BCUT2D eigenvalue weighted by Crippen LogP contribution is 2.37. The van der Waals surface area contributed by atoms with Gasteiger partial charge < -0.3 is 10.0 Å². The van der Waals surface area contributed by atoms with E-state index in [4.69, 9.17) is 0 Å². The standard InChI is InChI=1S/C14H24N2O4S/c1-15-10-2-3-11(15)7-13(6-10)16(8-14(17)18)12-4-5-21(19,20)9-12/h10-13H,2-9H2,1H3,(H,17,18). The third kappa shape index (κ3) is 3.10. The van der Waals surface area contributed by atoms with E-state index in [1.807, 2.05) is 4.90 Å². The molecule has 0 saturated carbocycles. The number of rotatable bonds is 4. The third-order valence-electron chi connectivity index (χ3n) is 5.54. The minimum atomic E-state index is -2.98. The van der Waals surface area contributed by atoms with Gasteiger partial charge in [0.1, 0.15) is 0 Å². The average molecular weight is 316 g/mol. The van der Waals surface area contributed by atoms with E-state index in [0.29, 0.717) is 18.5 Å². The van der Waals surface area contributed by atoms with Crippen LogP contribution in [0.15, 0.2) is 0 Å². The molecule has 0 amide bonds. The summed E-state index contributed by atoms with van der Waals surface area (Å²) < 4.78 is 23.4. The van der Waals surface area contributed by atoms with Crippen molar-refractivity contribution in [2.24, 2.45) is 0 Å². The maximum Gasteiger partial charge on any atom is 0.317 e. The number of fused-ring (bicyclic) bond motifs is 2. The van der Waals surface area contributed by atoms with Crippen LogP contribution < -0.4 is 0 Å². The van der Waals surface area contributed by atoms with E-state index in [0.717, 1.165) is 12.8 Å². The van der Waals surface area contributed by atoms with Crippen LogP contribution in [-0.2, 0) is 14.6 Å². The molecule has 120 valence electrons. The fourth-order valence-electron chi connectivity index (χ4n) is 4.40. The molecule has 3 unspecified atom stereocenters. The second-order valence-corrected chi connectivity index (χ2v) is 9.03. The minimum absolute atomic E-state index is 0.0337. The summed E-state index contributed by atoms with van der Waals surface area (Å²) >= 11 is 0. The van der Waals surface area contributed by atoms with Crippen molar-refractivity contribution in [2.75, 3.05) is 25.1 Å². The van der Waals surface area contributed by atoms with Crippen molar-refractivity contribution >= 4 is 15.8 Å². The van der Waals surface area contributed by atoms with Gasteiger partial charge in [-0.15, -0.1) is 0 Å². The molecule has 3 fully saturated rings. The Morgan fingerprint density at radius 1 is 1.19 bits per heavy atom. The molecule has 2 bridgehead atoms. The van der Waals surface area contributed by atoms with Gasteiger partial charge in [-0.1, -0.05) is 0 Å². The monoisotopic (exact) mass is 316 g/mol. The first kappa shape index (κ1) is 15.2. The van der Waals surface area contributed by atoms with Crippen LogP contribution in [0.4, 0.5) is 0 Å². The van der Waals surface area contributed by atoms with E-state index in [9.17, 15) is 18.3 Å². The SMILES string of the molecule is CN1C2CCC1CC(N(CC(=O)O)C1CCS(=O)(=O)C1)C2. The molecule has 3 saturated heterocycles. The lowest BCUT2D eigenvalue weighted by Crippen LogP contribution is -2.53. The van der Waals surface area contributed by atoms with Gasteiger partial charge in [0.2, 0.25) is 0 Å². The molecule has 7 heteroatoms. The molecule has 0 spiro atoms. The quantitative estimate of drug-likeness (QED) is 0.797. The fourth-order valence-corrected chi connectivity index (χ4v) is 6.15. The zero-order valence-corrected chi connectivity index (χ0v) is 13.3. The molecule has 0 aromatic rings. The van der Waals surface area contributed by atoms with Gasteiger partial charge in [0, 0.05) is 24.2 Å². The van der Waals surface area contributed by atoms with Gasteiger partial charge in [0.05, 0.1) is 18.1 Å². The lowest BCUT2D eigenvalue weighted by molar-refractivity contribution is -0.140. The molecule has 0 aliphatic carbocycles. The lowest BCUT2D eigenvalue weighted by Gasteiger charge is -2.43. The minimum Gasteiger partial charge on any atom is -0.480 e. The largest absolute Gasteiger partial charge is 0.480 e. The van der Waals surface area contributed by atoms with Crippen molar-refractivity contribution in [3.63, 3.8) is 0 Å². The summed E-state index contributed by atoms with van der Waals surface area (Å²) in [6.07, 6.45) is 4.88. The second-order valence-electron chi connectivity index (χ2n) is 6.80. The summed E-state index contributed by atoms with van der Waals surface area (Å²) in [6, 6.07) is 1.16. The predicted molar refractivity (Wildman–Crippen MR) is 79.0 cm³/mol. The van der Waals surface area contributed by atoms with Crippen molar-refractivity contribution < 1.29 is 18.3 Å². The Morgan fingerprint density at radius 3 is 2.29 bits per heavy atom. The highest BCUT2D eigenvalue weighted by Gasteiger charge is 2.44. The Labute approximate surface area is 126 Å². The number of carboxylic acid groups (broad SMARTS) is 1. The van der Waals surface area contributed by atoms with E-state index in [2.05, 4.69) is 11.9 Å². The zero-order valence-electron chi connectivity index (χ0n) is 12.4. The van der Waals surface area contributed by atoms with Gasteiger partial charge in [0.15, 0.2) is 9.84 Å². The lowest BCUT2D eigenvalue weighted by atomic mass is 9.95. The van der Waals surface area contributed by atoms with E-state index in [1.165, 1.54) is 12.8 Å². The van der Waals surface area contributed by atoms with Crippen LogP contribution in [0.1, 0.15) is 32.1 Å². The smallest absolute Gasteiger partial charge is 0.317 e. The number of hydrogen-bond donors (Lipinski definition) is 1. The summed E-state index contributed by atoms with van der Waals surface area (Å²) in [5, 5.41) is 9.20. The Kier molecular flexibility index (Phi) is 4.00. The number of nitrogens with zero attached hydrogens (tertiary/aromatic N) is 2. The Morgan fingerprint density at radius 2 is 1.81 bits per heavy atom. The molecular weight excluding hydrogens is 292 g/mol. The molecule has 0 radical (unpaired) electrons. The predicted octanol–water partition coefficient (Wildman–Crippen LogP) is 0.185. The zero-order chi connectivity index (χ0) is 15.2. The summed E-state index contributed by atoms with van der Waals surface area (Å²) in [5.74, 6) is -0.527. The Bertz CT molecular complexity index is 507. The maximum absolute atomic E-state index is 11.7. The third-order valence-corrected chi connectivity index (χ3v) is 7.29. The first-order chi connectivity index (χ1) is 9.85. The van der Waals surface area contributed by atoms with Crippen molar-refractivity contribution in [3.8, 4) is 0 Å². The van der Waals surface area contributed by atoms with Gasteiger partial charge in [-0.05, 0) is 39.2 Å². The molecule has 1 N–H and O–H groups in total. The van der Waals surface area contributed by atoms with Gasteiger partial charge in [-0.3, -0.25) is 9.69 Å². The van der Waals surface area contributed by atoms with Crippen molar-refractivity contribution in [3.05, 3.63) is 0 Å². The van der Waals surface area contributed by atoms with Crippen LogP contribution >= 0.6 is 0 Å². The van der Waals surface area contributed by atoms with Crippen molar-refractivity contribution in [2.45, 2.75) is 56.3 Å². The second kappa shape index (κ2) is 5.52. The summed E-state index contributed by atoms with van der Waals surface area (Å²) in [4.78, 5) is 15.6. The van der Waals surface area contributed by atoms with Crippen LogP contribution in [0.25, 0.3) is 0 Å². The molecule has 3 atom stereocenters. The average Bonchev–Trinajstić information content (AvgIpc) is 2.83. The molecular formula is C14H24N2O4S. The first-order valence-electron chi connectivity index (χ1n) is 7.75. The maximum atomic E-state index is 11.7. The highest BCUT2D eigenvalue weighted by atomic mass is 32.2. The number of piperidine rings is 1. The normalized spacial score (nSPS) is 39.0. The molecule has 3 heterocycles. The number of sulfone groups is 1. The summed E-state index contributed by atoms with van der Waals surface area (Å²) in [7, 11) is -0.829. The van der Waals surface area contributed by atoms with Crippen LogP contribution in [0.2, 0.25) is 0 Å². The van der Waals surface area contributed by atoms with Gasteiger partial charge in [0.25, 0.3) is 0 Å². The van der Waals surface area contributed by atoms with Crippen molar-refractivity contribution in [1.82, 2.24) is 9.80 Å². The molecule has 0 aromatic carbocycles. The van der Waals surface area contributed by atoms with Gasteiger partial charge in [-0.25, -0.2) is 8.42 Å². The van der Waals surface area contributed by atoms with Crippen LogP contribution in [-0.4, -0.2) is 78.6 Å². The van der Waals surface area contributed by atoms with Crippen molar-refractivity contribution in [1.29, 1.82) is 0 Å². The molecule has 21 heavy (non-hydrogen) atoms. The Balaban J connectivity index is 1.75. The topological polar surface area (TPSA) is 77.9 Å². The van der Waals surface area contributed by atoms with Gasteiger partial charge >= 0.3 is 5.97 Å². The van der Waals surface area contributed by atoms with Gasteiger partial charge in [-0.2, -0.15) is 0 Å². The molecule has 3 rings (SSSR count). The number of carboxylic acids is 1. The molecule has 3 aliphatic rings. The molecule has 3 aliphatic heterocycles. The van der Waals surface area contributed by atoms with Crippen LogP contribution in [0, 0.1) is 0 Å². The fraction of sp³-hybridized carbons (Fsp3) is 0.929.